The first-order valence-corrected chi connectivity index (χ1v) is 5.67. The summed E-state index contributed by atoms with van der Waals surface area (Å²) in [6.07, 6.45) is 0.296. The van der Waals surface area contributed by atoms with E-state index in [1.807, 2.05) is 0 Å². The van der Waals surface area contributed by atoms with Crippen molar-refractivity contribution in [1.82, 2.24) is 5.06 Å². The van der Waals surface area contributed by atoms with Crippen LogP contribution in [0.5, 0.6) is 0 Å². The summed E-state index contributed by atoms with van der Waals surface area (Å²) in [5.74, 6) is -1.01. The highest BCUT2D eigenvalue weighted by molar-refractivity contribution is 6.00. The fourth-order valence-corrected chi connectivity index (χ4v) is 1.70. The number of fused-ring (bicyclic) bond motifs is 1. The highest BCUT2D eigenvalue weighted by Gasteiger charge is 2.26. The molecule has 1 fully saturated rings. The van der Waals surface area contributed by atoms with Crippen LogP contribution in [-0.2, 0) is 9.59 Å². The normalized spacial score (nSPS) is 14.6. The van der Waals surface area contributed by atoms with Crippen LogP contribution in [0.25, 0.3) is 10.8 Å². The predicted molar refractivity (Wildman–Crippen MR) is 66.8 cm³/mol. The Balaban J connectivity index is 0.000000138. The van der Waals surface area contributed by atoms with Gasteiger partial charge in [0.1, 0.15) is 0 Å². The lowest BCUT2D eigenvalue weighted by atomic mass is 10.1. The summed E-state index contributed by atoms with van der Waals surface area (Å²) in [6, 6.07) is 16.7. The van der Waals surface area contributed by atoms with Gasteiger partial charge in [-0.05, 0) is 10.8 Å². The molecular weight excluding hydrogens is 230 g/mol. The third-order valence-corrected chi connectivity index (χ3v) is 2.68. The summed E-state index contributed by atoms with van der Waals surface area (Å²) in [5, 5.41) is 11.2. The Bertz CT molecular complexity index is 499. The van der Waals surface area contributed by atoms with Gasteiger partial charge in [0.2, 0.25) is 0 Å². The van der Waals surface area contributed by atoms with Gasteiger partial charge in [-0.3, -0.25) is 14.8 Å². The van der Waals surface area contributed by atoms with Gasteiger partial charge in [-0.15, -0.1) is 0 Å². The summed E-state index contributed by atoms with van der Waals surface area (Å²) >= 11 is 0. The predicted octanol–water partition coefficient (Wildman–Crippen LogP) is 2.36. The standard InChI is InChI=1S/C10H8.C4H5NO3/c1-2-6-10-8-4-3-7-9(10)5-1;6-3-1-2-4(7)5(3)8/h1-8H;8H,1-2H2. The van der Waals surface area contributed by atoms with Gasteiger partial charge in [-0.1, -0.05) is 48.5 Å². The van der Waals surface area contributed by atoms with Gasteiger partial charge in [0.15, 0.2) is 0 Å². The maximum Gasteiger partial charge on any atom is 0.253 e. The first-order valence-electron chi connectivity index (χ1n) is 5.67. The van der Waals surface area contributed by atoms with E-state index in [0.29, 0.717) is 0 Å². The van der Waals surface area contributed by atoms with E-state index in [9.17, 15) is 9.59 Å². The molecule has 1 heterocycles. The number of carbonyl (C=O) groups is 2. The Morgan fingerprint density at radius 1 is 0.778 bits per heavy atom. The van der Waals surface area contributed by atoms with E-state index in [0.717, 1.165) is 0 Å². The lowest BCUT2D eigenvalue weighted by Crippen LogP contribution is -2.24. The molecule has 1 N–H and O–H groups in total. The number of rotatable bonds is 0. The summed E-state index contributed by atoms with van der Waals surface area (Å²) in [4.78, 5) is 20.5. The molecule has 0 unspecified atom stereocenters. The first-order chi connectivity index (χ1) is 8.68. The largest absolute Gasteiger partial charge is 0.279 e. The summed E-state index contributed by atoms with van der Waals surface area (Å²) in [5.41, 5.74) is 0. The average molecular weight is 243 g/mol. The number of carbonyl (C=O) groups excluding carboxylic acids is 2. The van der Waals surface area contributed by atoms with Gasteiger partial charge < -0.3 is 0 Å². The third kappa shape index (κ3) is 2.73. The summed E-state index contributed by atoms with van der Waals surface area (Å²) in [6.45, 7) is 0. The molecule has 0 atom stereocenters. The van der Waals surface area contributed by atoms with Crippen LogP contribution < -0.4 is 0 Å². The van der Waals surface area contributed by atoms with Crippen LogP contribution in [0.2, 0.25) is 0 Å². The number of hydrogen-bond donors (Lipinski definition) is 1. The third-order valence-electron chi connectivity index (χ3n) is 2.68. The van der Waals surface area contributed by atoms with Crippen molar-refractivity contribution in [3.8, 4) is 0 Å². The molecule has 4 nitrogen and oxygen atoms in total. The van der Waals surface area contributed by atoms with Crippen molar-refractivity contribution in [2.24, 2.45) is 0 Å². The van der Waals surface area contributed by atoms with Crippen LogP contribution in [0, 0.1) is 0 Å². The number of amides is 2. The van der Waals surface area contributed by atoms with E-state index in [1.165, 1.54) is 10.8 Å². The molecule has 2 aromatic rings. The monoisotopic (exact) mass is 243 g/mol. The van der Waals surface area contributed by atoms with Crippen molar-refractivity contribution >= 4 is 22.6 Å². The molecule has 2 aromatic carbocycles. The molecule has 3 rings (SSSR count). The zero-order valence-corrected chi connectivity index (χ0v) is 9.74. The second-order valence-corrected chi connectivity index (χ2v) is 3.95. The Labute approximate surface area is 104 Å². The van der Waals surface area contributed by atoms with E-state index in [4.69, 9.17) is 5.21 Å². The van der Waals surface area contributed by atoms with Crippen molar-refractivity contribution in [2.75, 3.05) is 0 Å². The van der Waals surface area contributed by atoms with Gasteiger partial charge >= 0.3 is 0 Å². The zero-order valence-electron chi connectivity index (χ0n) is 9.74. The quantitative estimate of drug-likeness (QED) is 0.571. The van der Waals surface area contributed by atoms with Crippen LogP contribution in [-0.4, -0.2) is 22.1 Å². The number of hydroxylamine groups is 2. The van der Waals surface area contributed by atoms with Crippen LogP contribution >= 0.6 is 0 Å². The SMILES string of the molecule is O=C1CCC(=O)N1O.c1ccc2ccccc2c1. The fourth-order valence-electron chi connectivity index (χ4n) is 1.70. The highest BCUT2D eigenvalue weighted by atomic mass is 16.5. The zero-order chi connectivity index (χ0) is 13.0. The van der Waals surface area contributed by atoms with Crippen molar-refractivity contribution in [1.29, 1.82) is 0 Å². The molecule has 0 saturated carbocycles. The molecule has 0 bridgehead atoms. The molecule has 1 aliphatic heterocycles. The van der Waals surface area contributed by atoms with Gasteiger partial charge in [0.05, 0.1) is 0 Å². The Hall–Kier alpha value is -2.20. The minimum Gasteiger partial charge on any atom is -0.279 e. The Morgan fingerprint density at radius 2 is 1.11 bits per heavy atom. The molecular formula is C14H13NO3. The van der Waals surface area contributed by atoms with E-state index in [2.05, 4.69) is 48.5 Å². The molecule has 18 heavy (non-hydrogen) atoms. The number of imide groups is 1. The number of nitrogens with zero attached hydrogens (tertiary/aromatic N) is 1. The van der Waals surface area contributed by atoms with Crippen LogP contribution in [0.4, 0.5) is 0 Å². The van der Waals surface area contributed by atoms with Crippen LogP contribution in [0.3, 0.4) is 0 Å². The molecule has 0 aliphatic carbocycles. The van der Waals surface area contributed by atoms with Crippen molar-refractivity contribution in [3.63, 3.8) is 0 Å². The minimum atomic E-state index is -0.505. The second kappa shape index (κ2) is 5.42. The fraction of sp³-hybridized carbons (Fsp3) is 0.143. The van der Waals surface area contributed by atoms with Gasteiger partial charge in [-0.2, -0.15) is 5.06 Å². The van der Waals surface area contributed by atoms with E-state index < -0.39 is 11.8 Å². The molecule has 0 spiro atoms. The number of benzene rings is 2. The lowest BCUT2D eigenvalue weighted by molar-refractivity contribution is -0.171. The summed E-state index contributed by atoms with van der Waals surface area (Å²) in [7, 11) is 0. The lowest BCUT2D eigenvalue weighted by Gasteiger charge is -1.98. The highest BCUT2D eigenvalue weighted by Crippen LogP contribution is 2.11. The van der Waals surface area contributed by atoms with Gasteiger partial charge in [0, 0.05) is 12.8 Å². The smallest absolute Gasteiger partial charge is 0.253 e. The Morgan fingerprint density at radius 3 is 1.33 bits per heavy atom. The maximum atomic E-state index is 10.2. The van der Waals surface area contributed by atoms with Crippen LogP contribution in [0.15, 0.2) is 48.5 Å². The molecule has 2 amide bonds. The topological polar surface area (TPSA) is 57.6 Å². The van der Waals surface area contributed by atoms with Crippen LogP contribution in [0.1, 0.15) is 12.8 Å². The van der Waals surface area contributed by atoms with Gasteiger partial charge in [-0.25, -0.2) is 0 Å². The first kappa shape index (κ1) is 12.3. The molecule has 0 radical (unpaired) electrons. The average Bonchev–Trinajstić information content (AvgIpc) is 2.71. The molecule has 1 aliphatic rings. The van der Waals surface area contributed by atoms with E-state index in [-0.39, 0.29) is 17.9 Å². The molecule has 1 saturated heterocycles. The van der Waals surface area contributed by atoms with Crippen molar-refractivity contribution in [3.05, 3.63) is 48.5 Å². The molecule has 92 valence electrons. The van der Waals surface area contributed by atoms with Crippen molar-refractivity contribution < 1.29 is 14.8 Å². The maximum absolute atomic E-state index is 10.2. The summed E-state index contributed by atoms with van der Waals surface area (Å²) < 4.78 is 0. The second-order valence-electron chi connectivity index (χ2n) is 3.95. The minimum absolute atomic E-state index is 0.148. The van der Waals surface area contributed by atoms with Gasteiger partial charge in [0.25, 0.3) is 11.8 Å². The molecule has 4 heteroatoms. The van der Waals surface area contributed by atoms with E-state index in [1.54, 1.807) is 0 Å². The molecule has 0 aromatic heterocycles. The Kier molecular flexibility index (Phi) is 3.69. The van der Waals surface area contributed by atoms with E-state index >= 15 is 0 Å². The van der Waals surface area contributed by atoms with Crippen molar-refractivity contribution in [2.45, 2.75) is 12.8 Å². The number of hydrogen-bond acceptors (Lipinski definition) is 3.